The van der Waals surface area contributed by atoms with Gasteiger partial charge in [-0.05, 0) is 20.3 Å². The van der Waals surface area contributed by atoms with Gasteiger partial charge in [0.15, 0.2) is 12.4 Å². The van der Waals surface area contributed by atoms with Crippen LogP contribution in [0.2, 0.25) is 0 Å². The second-order valence-electron chi connectivity index (χ2n) is 3.92. The lowest BCUT2D eigenvalue weighted by Gasteiger charge is -2.19. The third kappa shape index (κ3) is 6.16. The summed E-state index contributed by atoms with van der Waals surface area (Å²) >= 11 is 0. The lowest BCUT2D eigenvalue weighted by molar-refractivity contribution is -0.158. The van der Waals surface area contributed by atoms with Crippen molar-refractivity contribution in [2.45, 2.75) is 41.0 Å². The summed E-state index contributed by atoms with van der Waals surface area (Å²) in [5.41, 5.74) is -0.635. The minimum atomic E-state index is -1.22. The van der Waals surface area contributed by atoms with E-state index in [4.69, 9.17) is 9.84 Å². The Bertz CT molecular complexity index is 268. The Morgan fingerprint density at radius 2 is 1.75 bits per heavy atom. The molecule has 16 heavy (non-hydrogen) atoms. The SMILES string of the molecule is C.CCC(C)(C)C(=O)OCC(=O)CC(=O)O. The van der Waals surface area contributed by atoms with Crippen LogP contribution in [-0.4, -0.2) is 29.4 Å². The maximum Gasteiger partial charge on any atom is 0.311 e. The fraction of sp³-hybridized carbons (Fsp3) is 0.727. The number of ether oxygens (including phenoxy) is 1. The number of carbonyl (C=O) groups excluding carboxylic acids is 2. The quantitative estimate of drug-likeness (QED) is 0.556. The Kier molecular flexibility index (Phi) is 7.42. The molecule has 0 rings (SSSR count). The molecule has 0 aliphatic carbocycles. The van der Waals surface area contributed by atoms with Gasteiger partial charge in [-0.15, -0.1) is 0 Å². The molecule has 0 radical (unpaired) electrons. The molecule has 5 nitrogen and oxygen atoms in total. The van der Waals surface area contributed by atoms with Crippen LogP contribution in [0.4, 0.5) is 0 Å². The first-order chi connectivity index (χ1) is 6.79. The second kappa shape index (κ2) is 6.98. The smallest absolute Gasteiger partial charge is 0.311 e. The van der Waals surface area contributed by atoms with Crippen LogP contribution < -0.4 is 0 Å². The van der Waals surface area contributed by atoms with Crippen molar-refractivity contribution in [2.24, 2.45) is 5.41 Å². The van der Waals surface area contributed by atoms with Crippen LogP contribution in [0, 0.1) is 5.41 Å². The van der Waals surface area contributed by atoms with Crippen LogP contribution in [0.15, 0.2) is 0 Å². The molecule has 0 aromatic carbocycles. The number of aliphatic carboxylic acids is 1. The predicted octanol–water partition coefficient (Wildman–Crippen LogP) is 1.65. The topological polar surface area (TPSA) is 80.7 Å². The minimum absolute atomic E-state index is 0. The zero-order chi connectivity index (χ0) is 12.1. The number of esters is 1. The van der Waals surface area contributed by atoms with Crippen molar-refractivity contribution in [3.8, 4) is 0 Å². The molecule has 1 N–H and O–H groups in total. The number of ketones is 1. The van der Waals surface area contributed by atoms with E-state index in [-0.39, 0.29) is 7.43 Å². The lowest BCUT2D eigenvalue weighted by atomic mass is 9.91. The number of carboxylic acids is 1. The largest absolute Gasteiger partial charge is 0.481 e. The molecule has 0 unspecified atom stereocenters. The molecule has 0 aromatic heterocycles. The van der Waals surface area contributed by atoms with E-state index in [9.17, 15) is 14.4 Å². The van der Waals surface area contributed by atoms with Gasteiger partial charge in [0.1, 0.15) is 6.42 Å². The molecule has 0 amide bonds. The standard InChI is InChI=1S/C10H16O5.CH4/c1-4-10(2,3)9(14)15-6-7(11)5-8(12)13;/h4-6H2,1-3H3,(H,12,13);1H4. The Balaban J connectivity index is 0. The number of Topliss-reactive ketones (excluding diaryl/α,β-unsaturated/α-hetero) is 1. The number of hydrogen-bond acceptors (Lipinski definition) is 4. The Labute approximate surface area is 95.8 Å². The molecule has 0 bridgehead atoms. The van der Waals surface area contributed by atoms with E-state index in [1.54, 1.807) is 13.8 Å². The van der Waals surface area contributed by atoms with Gasteiger partial charge < -0.3 is 9.84 Å². The highest BCUT2D eigenvalue weighted by atomic mass is 16.5. The normalized spacial score (nSPS) is 10.2. The van der Waals surface area contributed by atoms with Crippen LogP contribution in [0.3, 0.4) is 0 Å². The van der Waals surface area contributed by atoms with Gasteiger partial charge in [-0.2, -0.15) is 0 Å². The van der Waals surface area contributed by atoms with Crippen molar-refractivity contribution in [1.29, 1.82) is 0 Å². The van der Waals surface area contributed by atoms with Gasteiger partial charge in [0, 0.05) is 0 Å². The first kappa shape index (κ1) is 17.0. The van der Waals surface area contributed by atoms with E-state index >= 15 is 0 Å². The summed E-state index contributed by atoms with van der Waals surface area (Å²) < 4.78 is 4.71. The van der Waals surface area contributed by atoms with Gasteiger partial charge in [0.25, 0.3) is 0 Å². The summed E-state index contributed by atoms with van der Waals surface area (Å²) in [6, 6.07) is 0. The van der Waals surface area contributed by atoms with Crippen LogP contribution in [0.1, 0.15) is 41.0 Å². The number of hydrogen-bond donors (Lipinski definition) is 1. The van der Waals surface area contributed by atoms with Crippen LogP contribution in [0.5, 0.6) is 0 Å². The fourth-order valence-corrected chi connectivity index (χ4v) is 0.705. The van der Waals surface area contributed by atoms with Gasteiger partial charge in [0.2, 0.25) is 0 Å². The van der Waals surface area contributed by atoms with Crippen LogP contribution in [-0.2, 0) is 19.1 Å². The van der Waals surface area contributed by atoms with E-state index in [0.717, 1.165) is 0 Å². The van der Waals surface area contributed by atoms with E-state index in [2.05, 4.69) is 0 Å². The highest BCUT2D eigenvalue weighted by Crippen LogP contribution is 2.21. The van der Waals surface area contributed by atoms with Gasteiger partial charge in [-0.25, -0.2) is 0 Å². The molecule has 0 aromatic rings. The number of carbonyl (C=O) groups is 3. The third-order valence-electron chi connectivity index (χ3n) is 2.15. The molecule has 94 valence electrons. The van der Waals surface area contributed by atoms with E-state index in [1.165, 1.54) is 0 Å². The second-order valence-corrected chi connectivity index (χ2v) is 3.92. The molecule has 0 aliphatic heterocycles. The predicted molar refractivity (Wildman–Crippen MR) is 59.0 cm³/mol. The molecule has 0 spiro atoms. The van der Waals surface area contributed by atoms with Crippen molar-refractivity contribution < 1.29 is 24.2 Å². The van der Waals surface area contributed by atoms with Crippen molar-refractivity contribution in [3.63, 3.8) is 0 Å². The van der Waals surface area contributed by atoms with E-state index in [1.807, 2.05) is 6.92 Å². The van der Waals surface area contributed by atoms with Gasteiger partial charge in [0.05, 0.1) is 5.41 Å². The molecule has 0 saturated heterocycles. The molecule has 0 heterocycles. The Morgan fingerprint density at radius 1 is 1.25 bits per heavy atom. The maximum atomic E-state index is 11.4. The fourth-order valence-electron chi connectivity index (χ4n) is 0.705. The molecular formula is C11H20O5. The summed E-state index contributed by atoms with van der Waals surface area (Å²) in [6.07, 6.45) is -0.0151. The number of carboxylic acid groups (broad SMARTS) is 1. The zero-order valence-electron chi connectivity index (χ0n) is 9.20. The number of rotatable bonds is 6. The van der Waals surface area contributed by atoms with E-state index < -0.39 is 36.2 Å². The monoisotopic (exact) mass is 232 g/mol. The van der Waals surface area contributed by atoms with Crippen LogP contribution in [0.25, 0.3) is 0 Å². The minimum Gasteiger partial charge on any atom is -0.481 e. The van der Waals surface area contributed by atoms with E-state index in [0.29, 0.717) is 6.42 Å². The summed E-state index contributed by atoms with van der Waals surface area (Å²) in [7, 11) is 0. The average molecular weight is 232 g/mol. The highest BCUT2D eigenvalue weighted by molar-refractivity contribution is 5.96. The molecule has 0 aliphatic rings. The molecule has 0 saturated carbocycles. The molecule has 5 heteroatoms. The third-order valence-corrected chi connectivity index (χ3v) is 2.15. The zero-order valence-corrected chi connectivity index (χ0v) is 9.20. The van der Waals surface area contributed by atoms with Crippen molar-refractivity contribution in [1.82, 2.24) is 0 Å². The summed E-state index contributed by atoms with van der Waals surface area (Å²) in [6.45, 7) is 4.78. The van der Waals surface area contributed by atoms with Crippen molar-refractivity contribution in [2.75, 3.05) is 6.61 Å². The van der Waals surface area contributed by atoms with Crippen molar-refractivity contribution >= 4 is 17.7 Å². The van der Waals surface area contributed by atoms with Gasteiger partial charge in [-0.3, -0.25) is 14.4 Å². The molecule has 0 fully saturated rings. The summed E-state index contributed by atoms with van der Waals surface area (Å²) in [5, 5.41) is 8.29. The summed E-state index contributed by atoms with van der Waals surface area (Å²) in [4.78, 5) is 32.4. The van der Waals surface area contributed by atoms with Crippen LogP contribution >= 0.6 is 0 Å². The molecular weight excluding hydrogens is 212 g/mol. The summed E-state index contributed by atoms with van der Waals surface area (Å²) in [5.74, 6) is -2.31. The lowest BCUT2D eigenvalue weighted by Crippen LogP contribution is -2.28. The highest BCUT2D eigenvalue weighted by Gasteiger charge is 2.27. The Morgan fingerprint density at radius 3 is 2.12 bits per heavy atom. The first-order valence-electron chi connectivity index (χ1n) is 4.70. The average Bonchev–Trinajstić information content (AvgIpc) is 2.13. The molecule has 0 atom stereocenters. The van der Waals surface area contributed by atoms with Crippen molar-refractivity contribution in [3.05, 3.63) is 0 Å². The first-order valence-corrected chi connectivity index (χ1v) is 4.70. The maximum absolute atomic E-state index is 11.4. The van der Waals surface area contributed by atoms with Gasteiger partial charge >= 0.3 is 11.9 Å². The van der Waals surface area contributed by atoms with Gasteiger partial charge in [-0.1, -0.05) is 14.4 Å². The Hall–Kier alpha value is -1.39.